The van der Waals surface area contributed by atoms with Gasteiger partial charge in [0.2, 0.25) is 0 Å². The van der Waals surface area contributed by atoms with Crippen molar-refractivity contribution in [2.24, 2.45) is 4.99 Å². The van der Waals surface area contributed by atoms with Gasteiger partial charge in [-0.25, -0.2) is 4.99 Å². The normalized spacial score (nSPS) is 15.2. The van der Waals surface area contributed by atoms with Gasteiger partial charge in [-0.2, -0.15) is 0 Å². The fourth-order valence-electron chi connectivity index (χ4n) is 2.99. The van der Waals surface area contributed by atoms with Crippen molar-refractivity contribution in [2.75, 3.05) is 4.90 Å². The summed E-state index contributed by atoms with van der Waals surface area (Å²) < 4.78 is 0. The number of hydrogen-bond donors (Lipinski definition) is 0. The van der Waals surface area contributed by atoms with E-state index in [1.54, 1.807) is 41.3 Å². The van der Waals surface area contributed by atoms with E-state index in [1.165, 1.54) is 0 Å². The maximum Gasteiger partial charge on any atom is 0.282 e. The third kappa shape index (κ3) is 3.59. The first-order valence-electron chi connectivity index (χ1n) is 8.75. The summed E-state index contributed by atoms with van der Waals surface area (Å²) in [5.41, 5.74) is 3.80. The predicted octanol–water partition coefficient (Wildman–Crippen LogP) is 6.14. The number of benzene rings is 3. The number of anilines is 1. The van der Waals surface area contributed by atoms with Gasteiger partial charge in [-0.05, 0) is 55.0 Å². The third-order valence-electron chi connectivity index (χ3n) is 4.44. The van der Waals surface area contributed by atoms with Gasteiger partial charge in [0.25, 0.3) is 5.91 Å². The molecule has 0 aromatic heterocycles. The van der Waals surface area contributed by atoms with E-state index in [-0.39, 0.29) is 5.91 Å². The SMILES string of the molecule is Cc1ccc(/C=C2/N=C(c3ccccc3Cl)N(c3ccc(Cl)cc3)C2=O)cc1. The van der Waals surface area contributed by atoms with Gasteiger partial charge < -0.3 is 0 Å². The van der Waals surface area contributed by atoms with Gasteiger partial charge in [0.05, 0.1) is 10.7 Å². The van der Waals surface area contributed by atoms with Crippen LogP contribution in [-0.2, 0) is 4.79 Å². The van der Waals surface area contributed by atoms with Crippen molar-refractivity contribution in [3.63, 3.8) is 0 Å². The molecule has 138 valence electrons. The van der Waals surface area contributed by atoms with Crippen molar-refractivity contribution in [3.05, 3.63) is 105 Å². The third-order valence-corrected chi connectivity index (χ3v) is 5.02. The monoisotopic (exact) mass is 406 g/mol. The van der Waals surface area contributed by atoms with Gasteiger partial charge in [0, 0.05) is 10.6 Å². The average Bonchev–Trinajstić information content (AvgIpc) is 3.01. The molecule has 4 rings (SSSR count). The molecule has 0 saturated carbocycles. The Morgan fingerprint density at radius 1 is 0.893 bits per heavy atom. The second kappa shape index (κ2) is 7.63. The highest BCUT2D eigenvalue weighted by Crippen LogP contribution is 2.31. The fraction of sp³-hybridized carbons (Fsp3) is 0.0435. The lowest BCUT2D eigenvalue weighted by Crippen LogP contribution is -2.32. The lowest BCUT2D eigenvalue weighted by Gasteiger charge is -2.19. The van der Waals surface area contributed by atoms with Crippen molar-refractivity contribution in [1.82, 2.24) is 0 Å². The Morgan fingerprint density at radius 3 is 2.25 bits per heavy atom. The number of amides is 1. The Hall–Kier alpha value is -2.88. The highest BCUT2D eigenvalue weighted by atomic mass is 35.5. The Balaban J connectivity index is 1.84. The van der Waals surface area contributed by atoms with Crippen LogP contribution in [0.4, 0.5) is 5.69 Å². The van der Waals surface area contributed by atoms with E-state index in [0.29, 0.717) is 32.8 Å². The first-order valence-corrected chi connectivity index (χ1v) is 9.50. The summed E-state index contributed by atoms with van der Waals surface area (Å²) in [5, 5.41) is 1.13. The van der Waals surface area contributed by atoms with Gasteiger partial charge in [-0.1, -0.05) is 65.2 Å². The number of carbonyl (C=O) groups is 1. The number of rotatable bonds is 3. The minimum atomic E-state index is -0.210. The summed E-state index contributed by atoms with van der Waals surface area (Å²) in [6, 6.07) is 22.4. The number of nitrogens with zero attached hydrogens (tertiary/aromatic N) is 2. The first kappa shape index (κ1) is 18.5. The molecular formula is C23H16Cl2N2O. The molecule has 0 radical (unpaired) electrons. The van der Waals surface area contributed by atoms with Gasteiger partial charge in [-0.15, -0.1) is 0 Å². The average molecular weight is 407 g/mol. The van der Waals surface area contributed by atoms with Crippen LogP contribution < -0.4 is 4.90 Å². The molecule has 0 aliphatic carbocycles. The molecule has 3 nitrogen and oxygen atoms in total. The van der Waals surface area contributed by atoms with Crippen molar-refractivity contribution in [1.29, 1.82) is 0 Å². The number of halogens is 2. The Kier molecular flexibility index (Phi) is 5.03. The Labute approximate surface area is 173 Å². The van der Waals surface area contributed by atoms with Crippen LogP contribution in [0.15, 0.2) is 83.5 Å². The van der Waals surface area contributed by atoms with Crippen molar-refractivity contribution >= 4 is 46.7 Å². The molecule has 0 N–H and O–H groups in total. The molecule has 1 amide bonds. The molecule has 3 aromatic carbocycles. The maximum atomic E-state index is 13.2. The minimum Gasteiger partial charge on any atom is -0.266 e. The molecule has 1 aliphatic heterocycles. The first-order chi connectivity index (χ1) is 13.5. The van der Waals surface area contributed by atoms with E-state index in [4.69, 9.17) is 23.2 Å². The predicted molar refractivity (Wildman–Crippen MR) is 116 cm³/mol. The smallest absolute Gasteiger partial charge is 0.266 e. The van der Waals surface area contributed by atoms with Crippen LogP contribution in [0.25, 0.3) is 6.08 Å². The molecule has 28 heavy (non-hydrogen) atoms. The van der Waals surface area contributed by atoms with E-state index in [2.05, 4.69) is 4.99 Å². The lowest BCUT2D eigenvalue weighted by atomic mass is 10.1. The summed E-state index contributed by atoms with van der Waals surface area (Å²) in [5.74, 6) is 0.286. The summed E-state index contributed by atoms with van der Waals surface area (Å²) in [6.07, 6.45) is 1.79. The van der Waals surface area contributed by atoms with E-state index >= 15 is 0 Å². The van der Waals surface area contributed by atoms with E-state index in [9.17, 15) is 4.79 Å². The summed E-state index contributed by atoms with van der Waals surface area (Å²) in [7, 11) is 0. The quantitative estimate of drug-likeness (QED) is 0.481. The van der Waals surface area contributed by atoms with Crippen molar-refractivity contribution < 1.29 is 4.79 Å². The molecule has 0 saturated heterocycles. The van der Waals surface area contributed by atoms with Gasteiger partial charge in [0.1, 0.15) is 11.5 Å². The number of amidine groups is 1. The number of carbonyl (C=O) groups excluding carboxylic acids is 1. The molecule has 5 heteroatoms. The molecule has 0 spiro atoms. The van der Waals surface area contributed by atoms with Crippen LogP contribution in [0.2, 0.25) is 10.0 Å². The largest absolute Gasteiger partial charge is 0.282 e. The number of aliphatic imine (C=N–C) groups is 1. The second-order valence-corrected chi connectivity index (χ2v) is 7.32. The molecule has 1 aliphatic rings. The molecule has 0 atom stereocenters. The Bertz CT molecular complexity index is 1100. The van der Waals surface area contributed by atoms with Gasteiger partial charge >= 0.3 is 0 Å². The molecule has 0 fully saturated rings. The Morgan fingerprint density at radius 2 is 1.57 bits per heavy atom. The van der Waals surface area contributed by atoms with E-state index < -0.39 is 0 Å². The molecule has 0 unspecified atom stereocenters. The number of aryl methyl sites for hydroxylation is 1. The summed E-state index contributed by atoms with van der Waals surface area (Å²) >= 11 is 12.4. The molecule has 0 bridgehead atoms. The maximum absolute atomic E-state index is 13.2. The van der Waals surface area contributed by atoms with Crippen LogP contribution in [-0.4, -0.2) is 11.7 Å². The lowest BCUT2D eigenvalue weighted by molar-refractivity contribution is -0.113. The van der Waals surface area contributed by atoms with Crippen molar-refractivity contribution in [2.45, 2.75) is 6.92 Å². The number of hydrogen-bond acceptors (Lipinski definition) is 2. The van der Waals surface area contributed by atoms with Crippen LogP contribution >= 0.6 is 23.2 Å². The van der Waals surface area contributed by atoms with E-state index in [0.717, 1.165) is 11.1 Å². The van der Waals surface area contributed by atoms with Gasteiger partial charge in [-0.3, -0.25) is 9.69 Å². The van der Waals surface area contributed by atoms with Crippen LogP contribution in [0.1, 0.15) is 16.7 Å². The molecule has 1 heterocycles. The molecule has 3 aromatic rings. The van der Waals surface area contributed by atoms with Crippen LogP contribution in [0, 0.1) is 6.92 Å². The minimum absolute atomic E-state index is 0.210. The summed E-state index contributed by atoms with van der Waals surface area (Å²) in [4.78, 5) is 19.4. The van der Waals surface area contributed by atoms with Crippen LogP contribution in [0.5, 0.6) is 0 Å². The van der Waals surface area contributed by atoms with Crippen molar-refractivity contribution in [3.8, 4) is 0 Å². The summed E-state index contributed by atoms with van der Waals surface area (Å²) in [6.45, 7) is 2.02. The topological polar surface area (TPSA) is 32.7 Å². The van der Waals surface area contributed by atoms with Gasteiger partial charge in [0.15, 0.2) is 0 Å². The standard InChI is InChI=1S/C23H16Cl2N2O/c1-15-6-8-16(9-7-15)14-21-23(28)27(18-12-10-17(24)11-13-18)22(26-21)19-4-2-3-5-20(19)25/h2-14H,1H3/b21-14+. The molecular weight excluding hydrogens is 391 g/mol. The van der Waals surface area contributed by atoms with Crippen LogP contribution in [0.3, 0.4) is 0 Å². The fourth-order valence-corrected chi connectivity index (χ4v) is 3.34. The highest BCUT2D eigenvalue weighted by molar-refractivity contribution is 6.39. The zero-order valence-electron chi connectivity index (χ0n) is 15.1. The highest BCUT2D eigenvalue weighted by Gasteiger charge is 2.33. The zero-order chi connectivity index (χ0) is 19.7. The zero-order valence-corrected chi connectivity index (χ0v) is 16.6. The van der Waals surface area contributed by atoms with E-state index in [1.807, 2.05) is 49.4 Å². The second-order valence-electron chi connectivity index (χ2n) is 6.47.